The fourth-order valence-electron chi connectivity index (χ4n) is 2.56. The molecule has 0 atom stereocenters. The molecule has 2 N–H and O–H groups in total. The summed E-state index contributed by atoms with van der Waals surface area (Å²) in [6, 6.07) is 13.1. The molecule has 5 nitrogen and oxygen atoms in total. The molecule has 3 rings (SSSR count). The topological polar surface area (TPSA) is 65.7 Å². The molecule has 0 radical (unpaired) electrons. The van der Waals surface area contributed by atoms with E-state index in [1.807, 2.05) is 36.4 Å². The third kappa shape index (κ3) is 3.05. The van der Waals surface area contributed by atoms with Gasteiger partial charge in [0.05, 0.1) is 6.61 Å². The maximum atomic E-state index is 12.2. The zero-order valence-corrected chi connectivity index (χ0v) is 12.7. The summed E-state index contributed by atoms with van der Waals surface area (Å²) < 4.78 is 5.81. The second-order valence-electron chi connectivity index (χ2n) is 5.20. The number of nitrogens with zero attached hydrogens (tertiary/aromatic N) is 1. The largest absolute Gasteiger partial charge is 0.456 e. The van der Waals surface area contributed by atoms with Crippen LogP contribution in [0.1, 0.15) is 0 Å². The number of aliphatic hydroxyl groups excluding tert-OH is 1. The molecule has 0 saturated carbocycles. The molecule has 0 aliphatic heterocycles. The molecule has 0 spiro atoms. The zero-order valence-electron chi connectivity index (χ0n) is 12.7. The summed E-state index contributed by atoms with van der Waals surface area (Å²) in [5.41, 5.74) is 2.19. The molecule has 1 heterocycles. The van der Waals surface area contributed by atoms with Crippen LogP contribution < -0.4 is 5.32 Å². The number of carbonyl (C=O) groups is 1. The van der Waals surface area contributed by atoms with Crippen LogP contribution in [0.15, 0.2) is 59.5 Å². The molecule has 2 aromatic carbocycles. The normalized spacial score (nSPS) is 10.8. The second kappa shape index (κ2) is 6.54. The van der Waals surface area contributed by atoms with Gasteiger partial charge in [-0.15, -0.1) is 6.58 Å². The molecule has 0 fully saturated rings. The van der Waals surface area contributed by atoms with Crippen LogP contribution in [-0.2, 0) is 0 Å². The van der Waals surface area contributed by atoms with E-state index in [0.29, 0.717) is 12.2 Å². The van der Waals surface area contributed by atoms with E-state index in [-0.39, 0.29) is 19.2 Å². The van der Waals surface area contributed by atoms with Crippen molar-refractivity contribution < 1.29 is 14.3 Å². The van der Waals surface area contributed by atoms with Crippen molar-refractivity contribution >= 4 is 33.7 Å². The lowest BCUT2D eigenvalue weighted by Gasteiger charge is -2.20. The van der Waals surface area contributed by atoms with Gasteiger partial charge in [-0.3, -0.25) is 0 Å². The first kappa shape index (κ1) is 15.1. The van der Waals surface area contributed by atoms with Crippen molar-refractivity contribution in [2.75, 3.05) is 25.0 Å². The van der Waals surface area contributed by atoms with Crippen molar-refractivity contribution in [1.29, 1.82) is 0 Å². The molecule has 1 aromatic heterocycles. The molecule has 0 aliphatic rings. The van der Waals surface area contributed by atoms with Crippen LogP contribution in [0.5, 0.6) is 0 Å². The molecule has 23 heavy (non-hydrogen) atoms. The van der Waals surface area contributed by atoms with Crippen molar-refractivity contribution in [2.45, 2.75) is 0 Å². The molecule has 3 aromatic rings. The standard InChI is InChI=1S/C18H18N2O3/c1-2-9-20(10-11-21)18(22)19-13-7-8-15-14-5-3-4-6-16(14)23-17(15)12-13/h2-8,12,21H,1,9-11H2,(H,19,22). The van der Waals surface area contributed by atoms with E-state index >= 15 is 0 Å². The zero-order chi connectivity index (χ0) is 16.2. The number of rotatable bonds is 5. The molecule has 0 unspecified atom stereocenters. The van der Waals surface area contributed by atoms with Crippen LogP contribution in [0.25, 0.3) is 21.9 Å². The van der Waals surface area contributed by atoms with Crippen molar-refractivity contribution in [1.82, 2.24) is 4.90 Å². The van der Waals surface area contributed by atoms with Crippen molar-refractivity contribution in [2.24, 2.45) is 0 Å². The number of furan rings is 1. The number of nitrogens with one attached hydrogen (secondary N) is 1. The van der Waals surface area contributed by atoms with Crippen LogP contribution >= 0.6 is 0 Å². The Morgan fingerprint density at radius 2 is 2.00 bits per heavy atom. The maximum Gasteiger partial charge on any atom is 0.322 e. The van der Waals surface area contributed by atoms with Gasteiger partial charge in [0.15, 0.2) is 0 Å². The van der Waals surface area contributed by atoms with E-state index in [9.17, 15) is 4.79 Å². The minimum absolute atomic E-state index is 0.0934. The summed E-state index contributed by atoms with van der Waals surface area (Å²) in [5, 5.41) is 13.9. The third-order valence-electron chi connectivity index (χ3n) is 3.64. The Kier molecular flexibility index (Phi) is 4.30. The van der Waals surface area contributed by atoms with E-state index in [1.54, 1.807) is 12.1 Å². The van der Waals surface area contributed by atoms with Crippen LogP contribution in [0.3, 0.4) is 0 Å². The smallest absolute Gasteiger partial charge is 0.322 e. The third-order valence-corrected chi connectivity index (χ3v) is 3.64. The quantitative estimate of drug-likeness (QED) is 0.708. The van der Waals surface area contributed by atoms with Crippen LogP contribution in [0.4, 0.5) is 10.5 Å². The highest BCUT2D eigenvalue weighted by atomic mass is 16.3. The number of anilines is 1. The lowest BCUT2D eigenvalue weighted by atomic mass is 10.1. The number of urea groups is 1. The maximum absolute atomic E-state index is 12.2. The van der Waals surface area contributed by atoms with Gasteiger partial charge < -0.3 is 19.7 Å². The summed E-state index contributed by atoms with van der Waals surface area (Å²) in [6.45, 7) is 4.15. The van der Waals surface area contributed by atoms with E-state index in [1.165, 1.54) is 4.90 Å². The first-order valence-corrected chi connectivity index (χ1v) is 7.42. The Morgan fingerprint density at radius 3 is 2.78 bits per heavy atom. The summed E-state index contributed by atoms with van der Waals surface area (Å²) in [6.07, 6.45) is 1.62. The van der Waals surface area contributed by atoms with Gasteiger partial charge in [0.1, 0.15) is 11.2 Å². The Bertz CT molecular complexity index is 854. The Labute approximate surface area is 133 Å². The number of benzene rings is 2. The highest BCUT2D eigenvalue weighted by Crippen LogP contribution is 2.30. The molecular weight excluding hydrogens is 292 g/mol. The van der Waals surface area contributed by atoms with Gasteiger partial charge in [0, 0.05) is 35.6 Å². The predicted molar refractivity (Wildman–Crippen MR) is 91.6 cm³/mol. The summed E-state index contributed by atoms with van der Waals surface area (Å²) in [4.78, 5) is 13.7. The van der Waals surface area contributed by atoms with Gasteiger partial charge in [-0.25, -0.2) is 4.79 Å². The van der Waals surface area contributed by atoms with Crippen LogP contribution in [0, 0.1) is 0 Å². The molecule has 118 valence electrons. The van der Waals surface area contributed by atoms with Crippen molar-refractivity contribution in [3.8, 4) is 0 Å². The Balaban J connectivity index is 1.86. The van der Waals surface area contributed by atoms with Crippen molar-refractivity contribution in [3.05, 3.63) is 55.1 Å². The summed E-state index contributed by atoms with van der Waals surface area (Å²) in [7, 11) is 0. The minimum Gasteiger partial charge on any atom is -0.456 e. The van der Waals surface area contributed by atoms with Gasteiger partial charge in [-0.1, -0.05) is 24.3 Å². The summed E-state index contributed by atoms with van der Waals surface area (Å²) in [5.74, 6) is 0. The number of amides is 2. The van der Waals surface area contributed by atoms with Gasteiger partial charge >= 0.3 is 6.03 Å². The SMILES string of the molecule is C=CCN(CCO)C(=O)Nc1ccc2c(c1)oc1ccccc12. The predicted octanol–water partition coefficient (Wildman–Crippen LogP) is 3.60. The molecule has 0 aliphatic carbocycles. The van der Waals surface area contributed by atoms with Crippen LogP contribution in [0.2, 0.25) is 0 Å². The van der Waals surface area contributed by atoms with Gasteiger partial charge in [-0.2, -0.15) is 0 Å². The number of hydrogen-bond donors (Lipinski definition) is 2. The summed E-state index contributed by atoms with van der Waals surface area (Å²) >= 11 is 0. The number of carbonyl (C=O) groups excluding carboxylic acids is 1. The van der Waals surface area contributed by atoms with E-state index < -0.39 is 0 Å². The molecule has 2 amide bonds. The highest BCUT2D eigenvalue weighted by molar-refractivity contribution is 6.06. The van der Waals surface area contributed by atoms with E-state index in [0.717, 1.165) is 21.9 Å². The van der Waals surface area contributed by atoms with E-state index in [4.69, 9.17) is 9.52 Å². The Hall–Kier alpha value is -2.79. The van der Waals surface area contributed by atoms with Crippen LogP contribution in [-0.4, -0.2) is 35.7 Å². The lowest BCUT2D eigenvalue weighted by molar-refractivity contribution is 0.195. The molecule has 0 saturated heterocycles. The Morgan fingerprint density at radius 1 is 1.22 bits per heavy atom. The minimum atomic E-state index is -0.283. The number of fused-ring (bicyclic) bond motifs is 3. The first-order chi connectivity index (χ1) is 11.2. The lowest BCUT2D eigenvalue weighted by Crippen LogP contribution is -2.37. The second-order valence-corrected chi connectivity index (χ2v) is 5.20. The number of hydrogen-bond acceptors (Lipinski definition) is 3. The van der Waals surface area contributed by atoms with Gasteiger partial charge in [0.2, 0.25) is 0 Å². The van der Waals surface area contributed by atoms with Gasteiger partial charge in [-0.05, 0) is 18.2 Å². The van der Waals surface area contributed by atoms with Crippen molar-refractivity contribution in [3.63, 3.8) is 0 Å². The molecule has 0 bridgehead atoms. The van der Waals surface area contributed by atoms with Gasteiger partial charge in [0.25, 0.3) is 0 Å². The average molecular weight is 310 g/mol. The first-order valence-electron chi connectivity index (χ1n) is 7.42. The monoisotopic (exact) mass is 310 g/mol. The fourth-order valence-corrected chi connectivity index (χ4v) is 2.56. The number of aliphatic hydroxyl groups is 1. The van der Waals surface area contributed by atoms with E-state index in [2.05, 4.69) is 11.9 Å². The number of para-hydroxylation sites is 1. The highest BCUT2D eigenvalue weighted by Gasteiger charge is 2.13. The molecular formula is C18H18N2O3. The fraction of sp³-hybridized carbons (Fsp3) is 0.167. The molecule has 5 heteroatoms. The average Bonchev–Trinajstić information content (AvgIpc) is 2.92.